The van der Waals surface area contributed by atoms with Gasteiger partial charge in [-0.1, -0.05) is 43.3 Å². The third-order valence-electron chi connectivity index (χ3n) is 6.50. The highest BCUT2D eigenvalue weighted by atomic mass is 32.1. The van der Waals surface area contributed by atoms with Crippen LogP contribution in [0, 0.1) is 19.8 Å². The van der Waals surface area contributed by atoms with E-state index >= 15 is 0 Å². The van der Waals surface area contributed by atoms with Gasteiger partial charge in [-0.05, 0) is 50.7 Å². The first-order chi connectivity index (χ1) is 16.3. The van der Waals surface area contributed by atoms with Crippen molar-refractivity contribution in [3.8, 4) is 10.4 Å². The lowest BCUT2D eigenvalue weighted by Gasteiger charge is -2.29. The number of carbonyl (C=O) groups is 2. The lowest BCUT2D eigenvalue weighted by molar-refractivity contribution is -0.141. The molecule has 1 N–H and O–H groups in total. The number of amides is 2. The second-order valence-electron chi connectivity index (χ2n) is 9.40. The molecule has 4 rings (SSSR count). The molecule has 2 aromatic heterocycles. The van der Waals surface area contributed by atoms with Gasteiger partial charge in [0.25, 0.3) is 0 Å². The smallest absolute Gasteiger partial charge is 0.243 e. The maximum atomic E-state index is 13.5. The molecule has 0 aliphatic carbocycles. The van der Waals surface area contributed by atoms with Crippen LogP contribution in [0.5, 0.6) is 0 Å². The van der Waals surface area contributed by atoms with Crippen molar-refractivity contribution in [3.63, 3.8) is 0 Å². The minimum absolute atomic E-state index is 0.0313. The third kappa shape index (κ3) is 4.92. The van der Waals surface area contributed by atoms with E-state index in [4.69, 9.17) is 4.52 Å². The molecule has 180 valence electrons. The Labute approximate surface area is 204 Å². The number of aromatic nitrogens is 2. The summed E-state index contributed by atoms with van der Waals surface area (Å²) in [5, 5.41) is 7.08. The van der Waals surface area contributed by atoms with Gasteiger partial charge in [-0.3, -0.25) is 9.59 Å². The van der Waals surface area contributed by atoms with Gasteiger partial charge in [0.2, 0.25) is 11.8 Å². The minimum Gasteiger partial charge on any atom is -0.360 e. The topological polar surface area (TPSA) is 88.3 Å². The molecule has 1 aromatic carbocycles. The Balaban J connectivity index is 1.44. The van der Waals surface area contributed by atoms with E-state index in [9.17, 15) is 9.59 Å². The number of nitrogens with zero attached hydrogens (tertiary/aromatic N) is 3. The van der Waals surface area contributed by atoms with Crippen LogP contribution < -0.4 is 5.32 Å². The summed E-state index contributed by atoms with van der Waals surface area (Å²) in [6.45, 7) is 10.4. The standard InChI is InChI=1S/C26H32N4O3S/c1-15(2)23(22-13-16(3)29-33-22)26(32)30-12-6-7-21(30)25(31)28-17(4)19-8-10-20(11-9-19)24-18(5)27-14-34-24/h8-11,13-15,17,21,23H,6-7,12H2,1-5H3,(H,28,31)/t17-,21-,23?/m0/s1. The summed E-state index contributed by atoms with van der Waals surface area (Å²) in [7, 11) is 0. The molecule has 0 saturated carbocycles. The van der Waals surface area contributed by atoms with Gasteiger partial charge in [0.15, 0.2) is 0 Å². The first-order valence-electron chi connectivity index (χ1n) is 11.8. The van der Waals surface area contributed by atoms with Crippen LogP contribution in [0.1, 0.15) is 68.3 Å². The summed E-state index contributed by atoms with van der Waals surface area (Å²) in [5.41, 5.74) is 5.76. The zero-order valence-electron chi connectivity index (χ0n) is 20.4. The highest BCUT2D eigenvalue weighted by Crippen LogP contribution is 2.32. The Bertz CT molecular complexity index is 1150. The average Bonchev–Trinajstić information content (AvgIpc) is 3.55. The van der Waals surface area contributed by atoms with Crippen LogP contribution in [0.3, 0.4) is 0 Å². The van der Waals surface area contributed by atoms with Crippen molar-refractivity contribution in [1.29, 1.82) is 0 Å². The summed E-state index contributed by atoms with van der Waals surface area (Å²) in [5.74, 6) is -0.0375. The lowest BCUT2D eigenvalue weighted by Crippen LogP contribution is -2.48. The Morgan fingerprint density at radius 1 is 1.18 bits per heavy atom. The van der Waals surface area contributed by atoms with Gasteiger partial charge in [-0.15, -0.1) is 11.3 Å². The number of aryl methyl sites for hydroxylation is 2. The van der Waals surface area contributed by atoms with Crippen molar-refractivity contribution in [2.45, 2.75) is 65.5 Å². The summed E-state index contributed by atoms with van der Waals surface area (Å²) >= 11 is 1.62. The second kappa shape index (κ2) is 10.1. The molecule has 0 radical (unpaired) electrons. The Hall–Kier alpha value is -3.00. The van der Waals surface area contributed by atoms with Crippen molar-refractivity contribution >= 4 is 23.2 Å². The molecule has 1 fully saturated rings. The van der Waals surface area contributed by atoms with Crippen LogP contribution in [0.25, 0.3) is 10.4 Å². The van der Waals surface area contributed by atoms with Crippen molar-refractivity contribution in [1.82, 2.24) is 20.4 Å². The number of carbonyl (C=O) groups excluding carboxylic acids is 2. The van der Waals surface area contributed by atoms with Gasteiger partial charge >= 0.3 is 0 Å². The van der Waals surface area contributed by atoms with Crippen molar-refractivity contribution < 1.29 is 14.1 Å². The normalized spacial score (nSPS) is 17.7. The Kier molecular flexibility index (Phi) is 7.16. The van der Waals surface area contributed by atoms with E-state index < -0.39 is 12.0 Å². The van der Waals surface area contributed by atoms with E-state index in [-0.39, 0.29) is 23.8 Å². The zero-order chi connectivity index (χ0) is 24.4. The number of hydrogen-bond acceptors (Lipinski definition) is 6. The van der Waals surface area contributed by atoms with E-state index in [1.807, 2.05) is 58.3 Å². The molecule has 3 atom stereocenters. The highest BCUT2D eigenvalue weighted by Gasteiger charge is 2.40. The van der Waals surface area contributed by atoms with Crippen LogP contribution in [0.2, 0.25) is 0 Å². The van der Waals surface area contributed by atoms with Crippen LogP contribution in [0.4, 0.5) is 0 Å². The third-order valence-corrected chi connectivity index (χ3v) is 7.48. The van der Waals surface area contributed by atoms with Crippen LogP contribution in [-0.2, 0) is 9.59 Å². The summed E-state index contributed by atoms with van der Waals surface area (Å²) in [6.07, 6.45) is 1.47. The molecular formula is C26H32N4O3S. The molecule has 8 heteroatoms. The van der Waals surface area contributed by atoms with Gasteiger partial charge in [0.1, 0.15) is 17.7 Å². The van der Waals surface area contributed by atoms with E-state index in [0.29, 0.717) is 18.7 Å². The number of likely N-dealkylation sites (tertiary alicyclic amines) is 1. The fraction of sp³-hybridized carbons (Fsp3) is 0.462. The highest BCUT2D eigenvalue weighted by molar-refractivity contribution is 7.13. The lowest BCUT2D eigenvalue weighted by atomic mass is 9.91. The number of rotatable bonds is 7. The molecule has 0 bridgehead atoms. The zero-order valence-corrected chi connectivity index (χ0v) is 21.2. The number of benzene rings is 1. The van der Waals surface area contributed by atoms with Gasteiger partial charge in [0.05, 0.1) is 27.8 Å². The Morgan fingerprint density at radius 2 is 1.91 bits per heavy atom. The predicted molar refractivity (Wildman–Crippen MR) is 132 cm³/mol. The quantitative estimate of drug-likeness (QED) is 0.513. The van der Waals surface area contributed by atoms with E-state index in [2.05, 4.69) is 27.6 Å². The molecule has 3 aromatic rings. The monoisotopic (exact) mass is 480 g/mol. The summed E-state index contributed by atoms with van der Waals surface area (Å²) in [4.78, 5) is 33.9. The molecule has 2 amide bonds. The van der Waals surface area contributed by atoms with Gasteiger partial charge in [-0.25, -0.2) is 4.98 Å². The molecule has 34 heavy (non-hydrogen) atoms. The van der Waals surface area contributed by atoms with Crippen LogP contribution in [0.15, 0.2) is 40.4 Å². The van der Waals surface area contributed by atoms with Crippen molar-refractivity contribution in [2.75, 3.05) is 6.54 Å². The first-order valence-corrected chi connectivity index (χ1v) is 12.7. The van der Waals surface area contributed by atoms with E-state index in [1.165, 1.54) is 0 Å². The average molecular weight is 481 g/mol. The fourth-order valence-electron chi connectivity index (χ4n) is 4.64. The molecular weight excluding hydrogens is 448 g/mol. The molecule has 1 unspecified atom stereocenters. The Morgan fingerprint density at radius 3 is 2.50 bits per heavy atom. The molecule has 1 saturated heterocycles. The number of thiazole rings is 1. The molecule has 1 aliphatic heterocycles. The van der Waals surface area contributed by atoms with Crippen molar-refractivity contribution in [3.05, 3.63) is 58.6 Å². The van der Waals surface area contributed by atoms with Gasteiger partial charge < -0.3 is 14.7 Å². The number of hydrogen-bond donors (Lipinski definition) is 1. The van der Waals surface area contributed by atoms with Gasteiger partial charge in [0, 0.05) is 12.6 Å². The second-order valence-corrected chi connectivity index (χ2v) is 10.3. The van der Waals surface area contributed by atoms with Crippen molar-refractivity contribution in [2.24, 2.45) is 5.92 Å². The van der Waals surface area contributed by atoms with E-state index in [1.54, 1.807) is 16.2 Å². The first kappa shape index (κ1) is 24.1. The molecule has 0 spiro atoms. The minimum atomic E-state index is -0.473. The fourth-order valence-corrected chi connectivity index (χ4v) is 5.45. The van der Waals surface area contributed by atoms with Crippen LogP contribution >= 0.6 is 11.3 Å². The molecule has 3 heterocycles. The summed E-state index contributed by atoms with van der Waals surface area (Å²) in [6, 6.07) is 9.38. The molecule has 7 nitrogen and oxygen atoms in total. The predicted octanol–water partition coefficient (Wildman–Crippen LogP) is 5.02. The molecule has 1 aliphatic rings. The van der Waals surface area contributed by atoms with Gasteiger partial charge in [-0.2, -0.15) is 0 Å². The SMILES string of the molecule is Cc1cc(C(C(=O)N2CCC[C@H]2C(=O)N[C@@H](C)c2ccc(-c3scnc3C)cc2)C(C)C)on1. The maximum absolute atomic E-state index is 13.5. The largest absolute Gasteiger partial charge is 0.360 e. The maximum Gasteiger partial charge on any atom is 0.243 e. The van der Waals surface area contributed by atoms with E-state index in [0.717, 1.165) is 33.8 Å². The summed E-state index contributed by atoms with van der Waals surface area (Å²) < 4.78 is 5.43. The van der Waals surface area contributed by atoms with Crippen LogP contribution in [-0.4, -0.2) is 39.4 Å². The number of nitrogens with one attached hydrogen (secondary N) is 1.